The van der Waals surface area contributed by atoms with Crippen LogP contribution in [0.5, 0.6) is 5.75 Å². The molecule has 2 aromatic carbocycles. The molecule has 0 heterocycles. The van der Waals surface area contributed by atoms with Crippen molar-refractivity contribution in [2.75, 3.05) is 25.6 Å². The van der Waals surface area contributed by atoms with Gasteiger partial charge in [-0.2, -0.15) is 0 Å². The van der Waals surface area contributed by atoms with Gasteiger partial charge >= 0.3 is 6.09 Å². The molecule has 5 rings (SSSR count). The van der Waals surface area contributed by atoms with Crippen LogP contribution in [0.15, 0.2) is 53.3 Å². The maximum atomic E-state index is 13.8. The van der Waals surface area contributed by atoms with Crippen molar-refractivity contribution in [3.05, 3.63) is 64.4 Å². The number of benzene rings is 2. The highest BCUT2D eigenvalue weighted by Gasteiger charge is 2.65. The number of anilines is 1. The van der Waals surface area contributed by atoms with Gasteiger partial charge < -0.3 is 40.7 Å². The maximum absolute atomic E-state index is 13.8. The summed E-state index contributed by atoms with van der Waals surface area (Å²) in [6, 6.07) is 9.47. The molecule has 0 radical (unpaired) electrons. The first-order chi connectivity index (χ1) is 20.3. The number of carbonyl (C=O) groups is 4. The number of methoxy groups -OCH3 is 1. The van der Waals surface area contributed by atoms with Gasteiger partial charge in [0.2, 0.25) is 5.78 Å². The molecular weight excluding hydrogens is 564 g/mol. The molecule has 3 aliphatic carbocycles. The molecule has 13 heteroatoms. The Bertz CT molecular complexity index is 1610. The first-order valence-corrected chi connectivity index (χ1v) is 13.4. The van der Waals surface area contributed by atoms with E-state index in [-0.39, 0.29) is 24.5 Å². The molecular formula is C30H30N2O11. The molecule has 43 heavy (non-hydrogen) atoms. The second kappa shape index (κ2) is 10.8. The van der Waals surface area contributed by atoms with Crippen LogP contribution in [0.4, 0.5) is 10.5 Å². The number of hydrogen-bond donors (Lipinski definition) is 7. The van der Waals surface area contributed by atoms with E-state index in [1.165, 1.54) is 13.2 Å². The fourth-order valence-corrected chi connectivity index (χ4v) is 6.44. The van der Waals surface area contributed by atoms with Gasteiger partial charge in [0.05, 0.1) is 18.3 Å². The smallest absolute Gasteiger partial charge is 0.411 e. The SMILES string of the molecule is COCCOC(=O)Nc1ccc(-c2ccc(O)c3c2[C@H](C)[C@@H]2C(=C3O)C(=O)[C@]3(O)C(O)=C(C(N)=O)C(=O)C[C@@H]3[C@H]2O)cc1. The quantitative estimate of drug-likeness (QED) is 0.188. The van der Waals surface area contributed by atoms with Crippen LogP contribution in [0.2, 0.25) is 0 Å². The van der Waals surface area contributed by atoms with Crippen LogP contribution >= 0.6 is 0 Å². The number of Topliss-reactive ketones (excluding diaryl/α,β-unsaturated/α-hetero) is 2. The predicted molar refractivity (Wildman–Crippen MR) is 150 cm³/mol. The largest absolute Gasteiger partial charge is 0.508 e. The fraction of sp³-hybridized carbons (Fsp3) is 0.333. The summed E-state index contributed by atoms with van der Waals surface area (Å²) >= 11 is 0. The third-order valence-electron chi connectivity index (χ3n) is 8.44. The molecule has 13 nitrogen and oxygen atoms in total. The van der Waals surface area contributed by atoms with E-state index in [2.05, 4.69) is 5.32 Å². The number of carbonyl (C=O) groups excluding carboxylic acids is 4. The third kappa shape index (κ3) is 4.52. The summed E-state index contributed by atoms with van der Waals surface area (Å²) in [4.78, 5) is 50.3. The van der Waals surface area contributed by atoms with Gasteiger partial charge in [-0.1, -0.05) is 25.1 Å². The number of fused-ring (bicyclic) bond motifs is 3. The zero-order valence-electron chi connectivity index (χ0n) is 23.2. The average Bonchev–Trinajstić information content (AvgIpc) is 2.95. The number of aliphatic hydroxyl groups excluding tert-OH is 3. The molecule has 5 atom stereocenters. The standard InChI is InChI=1S/C30H30N2O11/c1-12-19-15(13-3-5-14(6-4-13)32-29(40)43-10-9-42-2)7-8-17(33)21(19)25(36)23-20(12)24(35)16-11-18(34)22(28(31)39)26(37)30(16,41)27(23)38/h3-8,12,16,20,24,33,35-37,41H,9-11H2,1-2H3,(H2,31,39)(H,32,40)/t12-,16+,20+,24+,30+/m0/s1. The Labute approximate surface area is 244 Å². The van der Waals surface area contributed by atoms with Gasteiger partial charge in [-0.05, 0) is 40.8 Å². The van der Waals surface area contributed by atoms with Crippen molar-refractivity contribution in [1.29, 1.82) is 0 Å². The Morgan fingerprint density at radius 1 is 1.07 bits per heavy atom. The first kappa shape index (κ1) is 29.8. The van der Waals surface area contributed by atoms with Crippen molar-refractivity contribution in [2.45, 2.75) is 31.0 Å². The Morgan fingerprint density at radius 2 is 1.74 bits per heavy atom. The molecule has 3 aliphatic rings. The van der Waals surface area contributed by atoms with E-state index in [0.717, 1.165) is 0 Å². The molecule has 8 N–H and O–H groups in total. The van der Waals surface area contributed by atoms with Crippen molar-refractivity contribution >= 4 is 35.0 Å². The van der Waals surface area contributed by atoms with Crippen LogP contribution in [0.1, 0.15) is 30.4 Å². The molecule has 1 fully saturated rings. The monoisotopic (exact) mass is 594 g/mol. The lowest BCUT2D eigenvalue weighted by Gasteiger charge is -2.50. The molecule has 0 aliphatic heterocycles. The van der Waals surface area contributed by atoms with Crippen LogP contribution in [0, 0.1) is 11.8 Å². The van der Waals surface area contributed by atoms with E-state index in [4.69, 9.17) is 15.2 Å². The van der Waals surface area contributed by atoms with E-state index in [1.807, 2.05) is 0 Å². The zero-order chi connectivity index (χ0) is 31.4. The highest BCUT2D eigenvalue weighted by Crippen LogP contribution is 2.57. The molecule has 226 valence electrons. The van der Waals surface area contributed by atoms with E-state index >= 15 is 0 Å². The van der Waals surface area contributed by atoms with Crippen molar-refractivity contribution in [3.63, 3.8) is 0 Å². The van der Waals surface area contributed by atoms with Crippen LogP contribution in [0.25, 0.3) is 16.9 Å². The fourth-order valence-electron chi connectivity index (χ4n) is 6.44. The normalized spacial score (nSPS) is 26.4. The van der Waals surface area contributed by atoms with Gasteiger partial charge in [0.15, 0.2) is 11.4 Å². The lowest BCUT2D eigenvalue weighted by Crippen LogP contribution is -2.63. The molecule has 1 saturated carbocycles. The number of aliphatic hydroxyl groups is 4. The first-order valence-electron chi connectivity index (χ1n) is 13.4. The minimum Gasteiger partial charge on any atom is -0.508 e. The number of nitrogens with one attached hydrogen (secondary N) is 1. The van der Waals surface area contributed by atoms with Crippen molar-refractivity contribution in [3.8, 4) is 16.9 Å². The number of primary amides is 1. The van der Waals surface area contributed by atoms with Gasteiger partial charge in [-0.25, -0.2) is 4.79 Å². The van der Waals surface area contributed by atoms with Crippen LogP contribution in [0.3, 0.4) is 0 Å². The summed E-state index contributed by atoms with van der Waals surface area (Å²) in [5, 5.41) is 58.5. The number of phenolic OH excluding ortho intramolecular Hbond substituents is 1. The average molecular weight is 595 g/mol. The van der Waals surface area contributed by atoms with E-state index < -0.39 is 82.1 Å². The number of ketones is 2. The lowest BCUT2D eigenvalue weighted by molar-refractivity contribution is -0.160. The molecule has 0 saturated heterocycles. The van der Waals surface area contributed by atoms with E-state index in [1.54, 1.807) is 37.3 Å². The molecule has 0 unspecified atom stereocenters. The van der Waals surface area contributed by atoms with Crippen molar-refractivity contribution in [2.24, 2.45) is 17.6 Å². The van der Waals surface area contributed by atoms with Gasteiger partial charge in [-0.3, -0.25) is 19.7 Å². The minimum atomic E-state index is -2.91. The molecule has 2 amide bonds. The van der Waals surface area contributed by atoms with Gasteiger partial charge in [0.1, 0.15) is 29.4 Å². The van der Waals surface area contributed by atoms with Crippen LogP contribution in [-0.4, -0.2) is 81.1 Å². The summed E-state index contributed by atoms with van der Waals surface area (Å²) in [6.07, 6.45) is -2.98. The summed E-state index contributed by atoms with van der Waals surface area (Å²) in [6.45, 7) is 1.96. The van der Waals surface area contributed by atoms with E-state index in [9.17, 15) is 44.7 Å². The highest BCUT2D eigenvalue weighted by molar-refractivity contribution is 6.23. The Balaban J connectivity index is 1.59. The number of ether oxygens (including phenoxy) is 2. The Hall–Kier alpha value is -4.72. The van der Waals surface area contributed by atoms with Crippen molar-refractivity contribution < 1.29 is 54.2 Å². The predicted octanol–water partition coefficient (Wildman–Crippen LogP) is 1.82. The summed E-state index contributed by atoms with van der Waals surface area (Å²) in [5.74, 6) is -9.39. The van der Waals surface area contributed by atoms with Crippen molar-refractivity contribution in [1.82, 2.24) is 0 Å². The number of nitrogens with two attached hydrogens (primary N) is 1. The Morgan fingerprint density at radius 3 is 2.37 bits per heavy atom. The molecule has 0 aromatic heterocycles. The second-order valence-corrected chi connectivity index (χ2v) is 10.7. The minimum absolute atomic E-state index is 0.0705. The van der Waals surface area contributed by atoms with Gasteiger partial charge in [-0.15, -0.1) is 0 Å². The number of aromatic hydroxyl groups is 1. The molecule has 0 bridgehead atoms. The highest BCUT2D eigenvalue weighted by atomic mass is 16.6. The molecule has 2 aromatic rings. The van der Waals surface area contributed by atoms with Gasteiger partial charge in [0, 0.05) is 36.6 Å². The number of hydrogen-bond acceptors (Lipinski definition) is 11. The summed E-state index contributed by atoms with van der Waals surface area (Å²) in [7, 11) is 1.48. The number of phenols is 1. The third-order valence-corrected chi connectivity index (χ3v) is 8.44. The second-order valence-electron chi connectivity index (χ2n) is 10.7. The lowest BCUT2D eigenvalue weighted by atomic mass is 9.55. The Kier molecular flexibility index (Phi) is 7.50. The zero-order valence-corrected chi connectivity index (χ0v) is 23.2. The number of amides is 2. The van der Waals surface area contributed by atoms with Gasteiger partial charge in [0.25, 0.3) is 5.91 Å². The maximum Gasteiger partial charge on any atom is 0.411 e. The summed E-state index contributed by atoms with van der Waals surface area (Å²) < 4.78 is 9.83. The van der Waals surface area contributed by atoms with E-state index in [0.29, 0.717) is 22.4 Å². The van der Waals surface area contributed by atoms with Crippen LogP contribution in [-0.2, 0) is 23.9 Å². The summed E-state index contributed by atoms with van der Waals surface area (Å²) in [5.41, 5.74) is 2.71. The topological polar surface area (TPSA) is 226 Å². The van der Waals surface area contributed by atoms with Crippen LogP contribution < -0.4 is 11.1 Å². The molecule has 0 spiro atoms. The number of rotatable bonds is 6.